The van der Waals surface area contributed by atoms with E-state index in [0.29, 0.717) is 32.1 Å². The van der Waals surface area contributed by atoms with Crippen LogP contribution in [0.15, 0.2) is 66.7 Å². The molecule has 0 heterocycles. The van der Waals surface area contributed by atoms with E-state index in [0.717, 1.165) is 16.3 Å². The Morgan fingerprint density at radius 3 is 2.49 bits per heavy atom. The predicted molar refractivity (Wildman–Crippen MR) is 166 cm³/mol. The molecular formula is C36H36N2O7. The van der Waals surface area contributed by atoms with Crippen molar-refractivity contribution in [3.63, 3.8) is 0 Å². The first-order chi connectivity index (χ1) is 21.7. The first-order valence-corrected chi connectivity index (χ1v) is 15.4. The summed E-state index contributed by atoms with van der Waals surface area (Å²) >= 11 is 0. The van der Waals surface area contributed by atoms with Crippen molar-refractivity contribution in [2.24, 2.45) is 23.2 Å². The van der Waals surface area contributed by atoms with Crippen LogP contribution in [0.3, 0.4) is 0 Å². The van der Waals surface area contributed by atoms with Crippen molar-refractivity contribution < 1.29 is 33.7 Å². The lowest BCUT2D eigenvalue weighted by molar-refractivity contribution is -0.159. The van der Waals surface area contributed by atoms with Crippen molar-refractivity contribution in [3.8, 4) is 17.6 Å². The van der Waals surface area contributed by atoms with Gasteiger partial charge < -0.3 is 24.6 Å². The van der Waals surface area contributed by atoms with Gasteiger partial charge >= 0.3 is 11.9 Å². The number of nitriles is 1. The molecule has 6 rings (SSSR count). The number of carbonyl (C=O) groups is 3. The van der Waals surface area contributed by atoms with Crippen LogP contribution in [0.4, 0.5) is 0 Å². The highest BCUT2D eigenvalue weighted by atomic mass is 16.5. The molecule has 2 bridgehead atoms. The quantitative estimate of drug-likeness (QED) is 0.230. The monoisotopic (exact) mass is 608 g/mol. The van der Waals surface area contributed by atoms with Gasteiger partial charge in [0.1, 0.15) is 24.2 Å². The van der Waals surface area contributed by atoms with Gasteiger partial charge in [-0.3, -0.25) is 14.4 Å². The first-order valence-electron chi connectivity index (χ1n) is 15.4. The summed E-state index contributed by atoms with van der Waals surface area (Å²) in [4.78, 5) is 38.6. The normalized spacial score (nSPS) is 26.6. The maximum atomic E-state index is 13.5. The molecule has 4 atom stereocenters. The summed E-state index contributed by atoms with van der Waals surface area (Å²) < 4.78 is 17.5. The number of nitrogens with zero attached hydrogens (tertiary/aromatic N) is 1. The van der Waals surface area contributed by atoms with Crippen molar-refractivity contribution in [1.82, 2.24) is 5.32 Å². The number of hydrogen-bond donors (Lipinski definition) is 2. The second-order valence-corrected chi connectivity index (χ2v) is 12.6. The molecule has 9 heteroatoms. The number of carboxylic acid groups (broad SMARTS) is 1. The Labute approximate surface area is 261 Å². The number of esters is 1. The number of nitrogens with one attached hydrogen (secondary N) is 1. The van der Waals surface area contributed by atoms with Gasteiger partial charge in [0.25, 0.3) is 5.91 Å². The van der Waals surface area contributed by atoms with Crippen molar-refractivity contribution >= 4 is 28.6 Å². The molecule has 0 radical (unpaired) electrons. The molecular weight excluding hydrogens is 572 g/mol. The van der Waals surface area contributed by atoms with Gasteiger partial charge in [-0.05, 0) is 73.3 Å². The number of amides is 1. The number of carbonyl (C=O) groups excluding carboxylic acids is 2. The molecule has 3 aromatic carbocycles. The predicted octanol–water partition coefficient (Wildman–Crippen LogP) is 5.80. The third kappa shape index (κ3) is 5.85. The summed E-state index contributed by atoms with van der Waals surface area (Å²) in [6.45, 7) is 2.12. The molecule has 0 unspecified atom stereocenters. The van der Waals surface area contributed by atoms with E-state index < -0.39 is 29.3 Å². The third-order valence-electron chi connectivity index (χ3n) is 9.77. The fourth-order valence-corrected chi connectivity index (χ4v) is 7.14. The maximum Gasteiger partial charge on any atom is 0.312 e. The number of methoxy groups -OCH3 is 1. The minimum atomic E-state index is -0.935. The number of ether oxygens (including phenoxy) is 3. The number of rotatable bonds is 9. The third-order valence-corrected chi connectivity index (χ3v) is 9.77. The van der Waals surface area contributed by atoms with Crippen LogP contribution in [0.1, 0.15) is 60.5 Å². The minimum Gasteiger partial charge on any atom is -0.496 e. The lowest BCUT2D eigenvalue weighted by atomic mass is 9.74. The lowest BCUT2D eigenvalue weighted by Gasteiger charge is -2.35. The average molecular weight is 609 g/mol. The van der Waals surface area contributed by atoms with Gasteiger partial charge in [-0.2, -0.15) is 5.26 Å². The van der Waals surface area contributed by atoms with E-state index in [9.17, 15) is 24.8 Å². The van der Waals surface area contributed by atoms with Gasteiger partial charge in [-0.25, -0.2) is 0 Å². The first kappa shape index (κ1) is 30.2. The Hall–Kier alpha value is -4.84. The van der Waals surface area contributed by atoms with Crippen molar-refractivity contribution in [3.05, 3.63) is 83.4 Å². The highest BCUT2D eigenvalue weighted by Gasteiger charge is 2.49. The Morgan fingerprint density at radius 2 is 1.76 bits per heavy atom. The van der Waals surface area contributed by atoms with E-state index in [1.165, 1.54) is 19.2 Å². The zero-order valence-electron chi connectivity index (χ0n) is 25.3. The van der Waals surface area contributed by atoms with Gasteiger partial charge in [-0.15, -0.1) is 0 Å². The number of aliphatic carboxylic acids is 1. The molecule has 45 heavy (non-hydrogen) atoms. The molecule has 0 spiro atoms. The van der Waals surface area contributed by atoms with Gasteiger partial charge in [0, 0.05) is 12.1 Å². The molecule has 3 aromatic rings. The lowest BCUT2D eigenvalue weighted by Crippen LogP contribution is -2.45. The van der Waals surface area contributed by atoms with Gasteiger partial charge in [0.2, 0.25) is 0 Å². The fourth-order valence-electron chi connectivity index (χ4n) is 7.14. The number of hydrogen-bond acceptors (Lipinski definition) is 7. The van der Waals surface area contributed by atoms with E-state index in [-0.39, 0.29) is 53.1 Å². The van der Waals surface area contributed by atoms with Crippen LogP contribution in [-0.4, -0.2) is 42.2 Å². The largest absolute Gasteiger partial charge is 0.496 e. The summed E-state index contributed by atoms with van der Waals surface area (Å²) in [5, 5.41) is 24.7. The number of allylic oxidation sites excluding steroid dienone is 1. The summed E-state index contributed by atoms with van der Waals surface area (Å²) in [5.41, 5.74) is 0.682. The molecule has 3 aliphatic rings. The molecule has 1 amide bonds. The van der Waals surface area contributed by atoms with Crippen LogP contribution in [0.5, 0.6) is 11.5 Å². The van der Waals surface area contributed by atoms with Gasteiger partial charge in [0.05, 0.1) is 35.7 Å². The van der Waals surface area contributed by atoms with E-state index >= 15 is 0 Å². The topological polar surface area (TPSA) is 135 Å². The van der Waals surface area contributed by atoms with Crippen LogP contribution >= 0.6 is 0 Å². The maximum absolute atomic E-state index is 13.5. The van der Waals surface area contributed by atoms with E-state index in [4.69, 9.17) is 14.2 Å². The SMILES string of the molecule is COc1cc(C#N)c(OC2CCC(C)(C(=O)OCc3cccc4ccccc34)CC2)cc1C(=O)N[C@H]1[C@@H](C(=O)O)[C@H]2C=C[C@@H]1C2. The van der Waals surface area contributed by atoms with Crippen molar-refractivity contribution in [2.75, 3.05) is 7.11 Å². The zero-order chi connectivity index (χ0) is 31.7. The average Bonchev–Trinajstić information content (AvgIpc) is 3.66. The van der Waals surface area contributed by atoms with Crippen LogP contribution in [0, 0.1) is 34.5 Å². The molecule has 3 aliphatic carbocycles. The van der Waals surface area contributed by atoms with Crippen LogP contribution < -0.4 is 14.8 Å². The summed E-state index contributed by atoms with van der Waals surface area (Å²) in [6.07, 6.45) is 6.53. The van der Waals surface area contributed by atoms with E-state index in [1.807, 2.05) is 61.5 Å². The van der Waals surface area contributed by atoms with Crippen LogP contribution in [0.25, 0.3) is 10.8 Å². The highest BCUT2D eigenvalue weighted by molar-refractivity contribution is 5.98. The minimum absolute atomic E-state index is 0.0459. The molecule has 232 valence electrons. The van der Waals surface area contributed by atoms with Crippen molar-refractivity contribution in [2.45, 2.75) is 57.8 Å². The second-order valence-electron chi connectivity index (χ2n) is 12.6. The number of benzene rings is 3. The molecule has 0 saturated heterocycles. The summed E-state index contributed by atoms with van der Waals surface area (Å²) in [5.74, 6) is -2.06. The summed E-state index contributed by atoms with van der Waals surface area (Å²) in [7, 11) is 1.41. The van der Waals surface area contributed by atoms with Gasteiger partial charge in [0.15, 0.2) is 0 Å². The van der Waals surface area contributed by atoms with Crippen molar-refractivity contribution in [1.29, 1.82) is 5.26 Å². The molecule has 0 aromatic heterocycles. The van der Waals surface area contributed by atoms with Crippen LogP contribution in [0.2, 0.25) is 0 Å². The fraction of sp³-hybridized carbons (Fsp3) is 0.389. The molecule has 2 fully saturated rings. The summed E-state index contributed by atoms with van der Waals surface area (Å²) in [6, 6.07) is 18.5. The number of carboxylic acids is 1. The van der Waals surface area contributed by atoms with E-state index in [2.05, 4.69) is 11.4 Å². The van der Waals surface area contributed by atoms with E-state index in [1.54, 1.807) is 0 Å². The molecule has 2 saturated carbocycles. The van der Waals surface area contributed by atoms with Crippen LogP contribution in [-0.2, 0) is 20.9 Å². The molecule has 0 aliphatic heterocycles. The Bertz CT molecular complexity index is 1710. The highest BCUT2D eigenvalue weighted by Crippen LogP contribution is 2.44. The zero-order valence-corrected chi connectivity index (χ0v) is 25.3. The number of fused-ring (bicyclic) bond motifs is 3. The standard InChI is InChI=1S/C36H36N2O7/c1-36(35(42)44-20-24-8-5-7-21-6-3-4-9-27(21)24)14-12-26(13-15-36)45-29-18-28(30(43-2)17-25(29)19-37)33(39)38-32-23-11-10-22(16-23)31(32)34(40)41/h3-11,17-18,22-23,26,31-32H,12-16,20H2,1-2H3,(H,38,39)(H,40,41)/t22-,23+,26?,31-,32+,36?/m0/s1. The van der Waals surface area contributed by atoms with Gasteiger partial charge in [-0.1, -0.05) is 54.6 Å². The molecule has 2 N–H and O–H groups in total. The Morgan fingerprint density at radius 1 is 1.02 bits per heavy atom. The second kappa shape index (κ2) is 12.3. The molecule has 9 nitrogen and oxygen atoms in total. The smallest absolute Gasteiger partial charge is 0.312 e. The Balaban J connectivity index is 1.11. The Kier molecular flexibility index (Phi) is 8.24.